The number of carbonyl (C=O) groups is 2. The SMILES string of the molecule is COc1cccc(C2=NN(C(=O)CN(C)C(=O)C(C)C)C(c3ccccc3Cl)C2)c1. The summed E-state index contributed by atoms with van der Waals surface area (Å²) >= 11 is 6.44. The average molecular weight is 428 g/mol. The molecule has 1 aliphatic heterocycles. The van der Waals surface area contributed by atoms with E-state index in [2.05, 4.69) is 5.10 Å². The molecule has 6 nitrogen and oxygen atoms in total. The Morgan fingerprint density at radius 2 is 1.97 bits per heavy atom. The van der Waals surface area contributed by atoms with Crippen LogP contribution in [-0.4, -0.2) is 48.1 Å². The second-order valence-corrected chi connectivity index (χ2v) is 8.01. The Hall–Kier alpha value is -2.86. The minimum Gasteiger partial charge on any atom is -0.497 e. The highest BCUT2D eigenvalue weighted by molar-refractivity contribution is 6.31. The molecule has 0 N–H and O–H groups in total. The van der Waals surface area contributed by atoms with Crippen molar-refractivity contribution in [3.05, 3.63) is 64.7 Å². The summed E-state index contributed by atoms with van der Waals surface area (Å²) in [6.07, 6.45) is 0.518. The Kier molecular flexibility index (Phi) is 6.77. The molecule has 2 aromatic carbocycles. The summed E-state index contributed by atoms with van der Waals surface area (Å²) < 4.78 is 5.32. The van der Waals surface area contributed by atoms with E-state index in [9.17, 15) is 9.59 Å². The summed E-state index contributed by atoms with van der Waals surface area (Å²) in [5, 5.41) is 6.67. The van der Waals surface area contributed by atoms with Crippen molar-refractivity contribution in [2.24, 2.45) is 11.0 Å². The third-order valence-electron chi connectivity index (χ3n) is 5.08. The van der Waals surface area contributed by atoms with Crippen molar-refractivity contribution >= 4 is 29.1 Å². The van der Waals surface area contributed by atoms with Crippen LogP contribution in [0.3, 0.4) is 0 Å². The fourth-order valence-electron chi connectivity index (χ4n) is 3.50. The molecule has 0 aromatic heterocycles. The molecule has 2 amide bonds. The number of benzene rings is 2. The van der Waals surface area contributed by atoms with Gasteiger partial charge in [0.05, 0.1) is 18.9 Å². The van der Waals surface area contributed by atoms with E-state index in [-0.39, 0.29) is 30.3 Å². The number of amides is 2. The first-order valence-corrected chi connectivity index (χ1v) is 10.2. The van der Waals surface area contributed by atoms with Crippen LogP contribution < -0.4 is 4.74 Å². The molecule has 7 heteroatoms. The highest BCUT2D eigenvalue weighted by Crippen LogP contribution is 2.36. The molecule has 0 fully saturated rings. The molecule has 0 spiro atoms. The maximum atomic E-state index is 13.1. The van der Waals surface area contributed by atoms with Gasteiger partial charge < -0.3 is 9.64 Å². The van der Waals surface area contributed by atoms with Crippen molar-refractivity contribution in [3.63, 3.8) is 0 Å². The van der Waals surface area contributed by atoms with Gasteiger partial charge in [0.25, 0.3) is 5.91 Å². The van der Waals surface area contributed by atoms with Gasteiger partial charge in [-0.05, 0) is 23.8 Å². The van der Waals surface area contributed by atoms with E-state index in [4.69, 9.17) is 16.3 Å². The largest absolute Gasteiger partial charge is 0.497 e. The van der Waals surface area contributed by atoms with Crippen LogP contribution >= 0.6 is 11.6 Å². The number of ether oxygens (including phenoxy) is 1. The fourth-order valence-corrected chi connectivity index (χ4v) is 3.76. The Morgan fingerprint density at radius 1 is 1.23 bits per heavy atom. The van der Waals surface area contributed by atoms with Crippen LogP contribution in [0.2, 0.25) is 5.02 Å². The Morgan fingerprint density at radius 3 is 2.63 bits per heavy atom. The van der Waals surface area contributed by atoms with Crippen LogP contribution in [0.4, 0.5) is 0 Å². The summed E-state index contributed by atoms with van der Waals surface area (Å²) in [7, 11) is 3.24. The molecule has 1 heterocycles. The number of nitrogens with zero attached hydrogens (tertiary/aromatic N) is 3. The fraction of sp³-hybridized carbons (Fsp3) is 0.348. The monoisotopic (exact) mass is 427 g/mol. The number of rotatable bonds is 6. The topological polar surface area (TPSA) is 62.2 Å². The summed E-state index contributed by atoms with van der Waals surface area (Å²) in [6, 6.07) is 14.7. The van der Waals surface area contributed by atoms with Gasteiger partial charge in [-0.25, -0.2) is 5.01 Å². The number of hydrogen-bond acceptors (Lipinski definition) is 4. The second kappa shape index (κ2) is 9.30. The van der Waals surface area contributed by atoms with Gasteiger partial charge in [0.2, 0.25) is 5.91 Å². The summed E-state index contributed by atoms with van der Waals surface area (Å²) in [4.78, 5) is 26.8. The van der Waals surface area contributed by atoms with E-state index < -0.39 is 0 Å². The minimum atomic E-state index is -0.338. The standard InChI is InChI=1S/C23H26ClN3O3/c1-15(2)23(29)26(3)14-22(28)27-21(18-10-5-6-11-19(18)24)13-20(25-27)16-8-7-9-17(12-16)30-4/h5-12,15,21H,13-14H2,1-4H3. The molecule has 0 radical (unpaired) electrons. The number of likely N-dealkylation sites (N-methyl/N-ethyl adjacent to an activating group) is 1. The lowest BCUT2D eigenvalue weighted by atomic mass is 9.98. The van der Waals surface area contributed by atoms with Gasteiger partial charge in [-0.15, -0.1) is 0 Å². The van der Waals surface area contributed by atoms with Gasteiger partial charge in [-0.3, -0.25) is 9.59 Å². The lowest BCUT2D eigenvalue weighted by molar-refractivity contribution is -0.142. The predicted octanol–water partition coefficient (Wildman–Crippen LogP) is 4.14. The molecule has 1 unspecified atom stereocenters. The molecule has 1 aliphatic rings. The molecule has 1 atom stereocenters. The molecule has 0 bridgehead atoms. The highest BCUT2D eigenvalue weighted by Gasteiger charge is 2.35. The Bertz CT molecular complexity index is 974. The number of methoxy groups -OCH3 is 1. The van der Waals surface area contributed by atoms with Gasteiger partial charge >= 0.3 is 0 Å². The zero-order valence-corrected chi connectivity index (χ0v) is 18.4. The molecule has 2 aromatic rings. The number of hydrazone groups is 1. The van der Waals surface area contributed by atoms with E-state index in [0.29, 0.717) is 11.4 Å². The quantitative estimate of drug-likeness (QED) is 0.696. The predicted molar refractivity (Wildman–Crippen MR) is 118 cm³/mol. The van der Waals surface area contributed by atoms with E-state index in [1.807, 2.05) is 56.3 Å². The van der Waals surface area contributed by atoms with Crippen molar-refractivity contribution < 1.29 is 14.3 Å². The normalized spacial score (nSPS) is 15.9. The van der Waals surface area contributed by atoms with Crippen molar-refractivity contribution in [1.29, 1.82) is 0 Å². The maximum Gasteiger partial charge on any atom is 0.262 e. The van der Waals surface area contributed by atoms with Gasteiger partial charge in [0.15, 0.2) is 0 Å². The molecule has 0 saturated heterocycles. The van der Waals surface area contributed by atoms with E-state index in [1.54, 1.807) is 20.2 Å². The molecule has 30 heavy (non-hydrogen) atoms. The summed E-state index contributed by atoms with van der Waals surface area (Å²) in [5.74, 6) is 0.191. The van der Waals surface area contributed by atoms with Crippen LogP contribution in [-0.2, 0) is 9.59 Å². The molecule has 3 rings (SSSR count). The van der Waals surface area contributed by atoms with Gasteiger partial charge in [-0.2, -0.15) is 5.10 Å². The smallest absolute Gasteiger partial charge is 0.262 e. The minimum absolute atomic E-state index is 0.0488. The lowest BCUT2D eigenvalue weighted by Gasteiger charge is -2.26. The van der Waals surface area contributed by atoms with Crippen LogP contribution in [0.5, 0.6) is 5.75 Å². The first kappa shape index (κ1) is 21.8. The highest BCUT2D eigenvalue weighted by atomic mass is 35.5. The lowest BCUT2D eigenvalue weighted by Crippen LogP contribution is -2.40. The molecule has 158 valence electrons. The van der Waals surface area contributed by atoms with Crippen molar-refractivity contribution in [2.45, 2.75) is 26.3 Å². The maximum absolute atomic E-state index is 13.1. The molecular formula is C23H26ClN3O3. The van der Waals surface area contributed by atoms with Gasteiger partial charge in [-0.1, -0.05) is 55.8 Å². The second-order valence-electron chi connectivity index (χ2n) is 7.61. The Balaban J connectivity index is 1.93. The Labute approximate surface area is 182 Å². The van der Waals surface area contributed by atoms with Crippen molar-refractivity contribution in [2.75, 3.05) is 20.7 Å². The first-order valence-electron chi connectivity index (χ1n) is 9.85. The van der Waals surface area contributed by atoms with E-state index >= 15 is 0 Å². The summed E-state index contributed by atoms with van der Waals surface area (Å²) in [5.41, 5.74) is 2.48. The molecular weight excluding hydrogens is 402 g/mol. The third kappa shape index (κ3) is 4.65. The van der Waals surface area contributed by atoms with E-state index in [1.165, 1.54) is 9.91 Å². The first-order chi connectivity index (χ1) is 14.3. The zero-order valence-electron chi connectivity index (χ0n) is 17.6. The van der Waals surface area contributed by atoms with Crippen LogP contribution in [0.15, 0.2) is 53.6 Å². The van der Waals surface area contributed by atoms with Crippen LogP contribution in [0.1, 0.15) is 37.4 Å². The van der Waals surface area contributed by atoms with Gasteiger partial charge in [0.1, 0.15) is 12.3 Å². The van der Waals surface area contributed by atoms with E-state index in [0.717, 1.165) is 22.6 Å². The number of halogens is 1. The number of carbonyl (C=O) groups excluding carboxylic acids is 2. The number of hydrogen-bond donors (Lipinski definition) is 0. The van der Waals surface area contributed by atoms with Crippen LogP contribution in [0.25, 0.3) is 0 Å². The van der Waals surface area contributed by atoms with Crippen molar-refractivity contribution in [1.82, 2.24) is 9.91 Å². The van der Waals surface area contributed by atoms with Gasteiger partial charge in [0, 0.05) is 30.0 Å². The molecule has 0 aliphatic carbocycles. The molecule has 0 saturated carbocycles. The van der Waals surface area contributed by atoms with Crippen molar-refractivity contribution in [3.8, 4) is 5.75 Å². The third-order valence-corrected chi connectivity index (χ3v) is 5.42. The average Bonchev–Trinajstić information content (AvgIpc) is 3.18. The summed E-state index contributed by atoms with van der Waals surface area (Å²) in [6.45, 7) is 3.57. The zero-order chi connectivity index (χ0) is 21.8. The van der Waals surface area contributed by atoms with Crippen LogP contribution in [0, 0.1) is 5.92 Å².